The molecule has 1 unspecified atom stereocenters. The van der Waals surface area contributed by atoms with Crippen molar-refractivity contribution in [3.63, 3.8) is 0 Å². The van der Waals surface area contributed by atoms with Crippen LogP contribution in [0.15, 0.2) is 18.2 Å². The Morgan fingerprint density at radius 1 is 1.42 bits per heavy atom. The van der Waals surface area contributed by atoms with Gasteiger partial charge in [-0.1, -0.05) is 19.1 Å². The molecule has 3 nitrogen and oxygen atoms in total. The predicted molar refractivity (Wildman–Crippen MR) is 73.5 cm³/mol. The Morgan fingerprint density at radius 2 is 2.05 bits per heavy atom. The van der Waals surface area contributed by atoms with E-state index in [9.17, 15) is 9.18 Å². The molecule has 0 aliphatic rings. The minimum atomic E-state index is -0.561. The van der Waals surface area contributed by atoms with Gasteiger partial charge in [-0.05, 0) is 45.7 Å². The van der Waals surface area contributed by atoms with Crippen molar-refractivity contribution in [1.29, 1.82) is 0 Å². The van der Waals surface area contributed by atoms with Gasteiger partial charge in [-0.15, -0.1) is 0 Å². The standard InChI is InChI=1S/C15H22FNO2/c1-6-13(17-14(18)19-15(3,4)5)11-8-7-10(2)9-12(11)16/h7-9,13H,6H2,1-5H3,(H,17,18). The van der Waals surface area contributed by atoms with Crippen molar-refractivity contribution in [3.05, 3.63) is 35.1 Å². The Morgan fingerprint density at radius 3 is 2.53 bits per heavy atom. The van der Waals surface area contributed by atoms with Gasteiger partial charge in [0.05, 0.1) is 6.04 Å². The highest BCUT2D eigenvalue weighted by Gasteiger charge is 2.21. The lowest BCUT2D eigenvalue weighted by atomic mass is 10.0. The molecule has 19 heavy (non-hydrogen) atoms. The molecule has 1 atom stereocenters. The second-order valence-corrected chi connectivity index (χ2v) is 5.63. The minimum Gasteiger partial charge on any atom is -0.444 e. The molecule has 0 saturated heterocycles. The molecular formula is C15H22FNO2. The fourth-order valence-corrected chi connectivity index (χ4v) is 1.76. The van der Waals surface area contributed by atoms with E-state index < -0.39 is 11.7 Å². The lowest BCUT2D eigenvalue weighted by molar-refractivity contribution is 0.0501. The zero-order valence-corrected chi connectivity index (χ0v) is 12.2. The molecule has 4 heteroatoms. The smallest absolute Gasteiger partial charge is 0.408 e. The van der Waals surface area contributed by atoms with E-state index in [2.05, 4.69) is 5.32 Å². The van der Waals surface area contributed by atoms with Crippen molar-refractivity contribution < 1.29 is 13.9 Å². The fraction of sp³-hybridized carbons (Fsp3) is 0.533. The summed E-state index contributed by atoms with van der Waals surface area (Å²) in [6.45, 7) is 9.09. The van der Waals surface area contributed by atoms with Crippen molar-refractivity contribution in [2.75, 3.05) is 0 Å². The van der Waals surface area contributed by atoms with E-state index in [1.54, 1.807) is 26.8 Å². The van der Waals surface area contributed by atoms with Crippen LogP contribution < -0.4 is 5.32 Å². The van der Waals surface area contributed by atoms with Crippen LogP contribution in [-0.2, 0) is 4.74 Å². The van der Waals surface area contributed by atoms with E-state index in [0.29, 0.717) is 12.0 Å². The number of halogens is 1. The number of hydrogen-bond acceptors (Lipinski definition) is 2. The number of carbonyl (C=O) groups is 1. The second-order valence-electron chi connectivity index (χ2n) is 5.63. The Labute approximate surface area is 114 Å². The van der Waals surface area contributed by atoms with E-state index in [1.165, 1.54) is 6.07 Å². The lowest BCUT2D eigenvalue weighted by Gasteiger charge is -2.23. The van der Waals surface area contributed by atoms with Gasteiger partial charge in [0.1, 0.15) is 11.4 Å². The summed E-state index contributed by atoms with van der Waals surface area (Å²) in [5.41, 5.74) is 0.779. The molecule has 1 rings (SSSR count). The van der Waals surface area contributed by atoms with Gasteiger partial charge in [0, 0.05) is 5.56 Å². The van der Waals surface area contributed by atoms with E-state index in [1.807, 2.05) is 19.9 Å². The van der Waals surface area contributed by atoms with Gasteiger partial charge in [0.2, 0.25) is 0 Å². The molecule has 0 radical (unpaired) electrons. The van der Waals surface area contributed by atoms with Crippen LogP contribution in [0.3, 0.4) is 0 Å². The molecule has 0 heterocycles. The number of hydrogen-bond donors (Lipinski definition) is 1. The molecule has 106 valence electrons. The van der Waals surface area contributed by atoms with Crippen molar-refractivity contribution in [1.82, 2.24) is 5.32 Å². The second kappa shape index (κ2) is 6.04. The number of amides is 1. The Balaban J connectivity index is 2.81. The summed E-state index contributed by atoms with van der Waals surface area (Å²) in [7, 11) is 0. The summed E-state index contributed by atoms with van der Waals surface area (Å²) in [4.78, 5) is 11.7. The third-order valence-corrected chi connectivity index (χ3v) is 2.63. The van der Waals surface area contributed by atoms with Crippen LogP contribution in [0, 0.1) is 12.7 Å². The molecule has 0 aliphatic carbocycles. The van der Waals surface area contributed by atoms with Crippen LogP contribution in [0.25, 0.3) is 0 Å². The van der Waals surface area contributed by atoms with Crippen LogP contribution in [0.1, 0.15) is 51.3 Å². The summed E-state index contributed by atoms with van der Waals surface area (Å²) >= 11 is 0. The molecule has 1 aromatic carbocycles. The van der Waals surface area contributed by atoms with Crippen molar-refractivity contribution in [3.8, 4) is 0 Å². The van der Waals surface area contributed by atoms with E-state index in [-0.39, 0.29) is 11.9 Å². The van der Waals surface area contributed by atoms with Gasteiger partial charge in [-0.25, -0.2) is 9.18 Å². The topological polar surface area (TPSA) is 38.3 Å². The molecule has 1 amide bonds. The number of aryl methyl sites for hydroxylation is 1. The maximum absolute atomic E-state index is 13.9. The van der Waals surface area contributed by atoms with Crippen molar-refractivity contribution >= 4 is 6.09 Å². The zero-order chi connectivity index (χ0) is 14.6. The molecule has 0 spiro atoms. The fourth-order valence-electron chi connectivity index (χ4n) is 1.76. The Bertz CT molecular complexity index is 452. The summed E-state index contributed by atoms with van der Waals surface area (Å²) in [5, 5.41) is 2.70. The molecule has 0 aromatic heterocycles. The molecule has 1 aromatic rings. The highest BCUT2D eigenvalue weighted by molar-refractivity contribution is 5.68. The SMILES string of the molecule is CCC(NC(=O)OC(C)(C)C)c1ccc(C)cc1F. The van der Waals surface area contributed by atoms with Gasteiger partial charge >= 0.3 is 6.09 Å². The van der Waals surface area contributed by atoms with E-state index >= 15 is 0 Å². The first-order valence-corrected chi connectivity index (χ1v) is 6.48. The lowest BCUT2D eigenvalue weighted by Crippen LogP contribution is -2.35. The van der Waals surface area contributed by atoms with Crippen molar-refractivity contribution in [2.24, 2.45) is 0 Å². The van der Waals surface area contributed by atoms with E-state index in [4.69, 9.17) is 4.74 Å². The first kappa shape index (κ1) is 15.5. The summed E-state index contributed by atoms with van der Waals surface area (Å²) < 4.78 is 19.1. The van der Waals surface area contributed by atoms with Gasteiger partial charge in [-0.2, -0.15) is 0 Å². The number of alkyl carbamates (subject to hydrolysis) is 1. The number of benzene rings is 1. The summed E-state index contributed by atoms with van der Waals surface area (Å²) in [6, 6.07) is 4.62. The molecule has 0 fully saturated rings. The Kier molecular flexibility index (Phi) is 4.92. The normalized spacial score (nSPS) is 12.9. The summed E-state index contributed by atoms with van der Waals surface area (Å²) in [5.74, 6) is -0.303. The maximum Gasteiger partial charge on any atom is 0.408 e. The van der Waals surface area contributed by atoms with E-state index in [0.717, 1.165) is 5.56 Å². The third-order valence-electron chi connectivity index (χ3n) is 2.63. The van der Waals surface area contributed by atoms with Crippen LogP contribution in [0.5, 0.6) is 0 Å². The summed E-state index contributed by atoms with van der Waals surface area (Å²) in [6.07, 6.45) is 0.0680. The largest absolute Gasteiger partial charge is 0.444 e. The van der Waals surface area contributed by atoms with Gasteiger partial charge in [-0.3, -0.25) is 0 Å². The van der Waals surface area contributed by atoms with Gasteiger partial charge < -0.3 is 10.1 Å². The highest BCUT2D eigenvalue weighted by atomic mass is 19.1. The number of nitrogens with one attached hydrogen (secondary N) is 1. The number of rotatable bonds is 3. The molecule has 0 bridgehead atoms. The van der Waals surface area contributed by atoms with Crippen LogP contribution >= 0.6 is 0 Å². The Hall–Kier alpha value is -1.58. The highest BCUT2D eigenvalue weighted by Crippen LogP contribution is 2.21. The van der Waals surface area contributed by atoms with Crippen LogP contribution in [-0.4, -0.2) is 11.7 Å². The van der Waals surface area contributed by atoms with Crippen molar-refractivity contribution in [2.45, 2.75) is 52.7 Å². The van der Waals surface area contributed by atoms with Gasteiger partial charge in [0.25, 0.3) is 0 Å². The average molecular weight is 267 g/mol. The molecule has 1 N–H and O–H groups in total. The van der Waals surface area contributed by atoms with Gasteiger partial charge in [0.15, 0.2) is 0 Å². The van der Waals surface area contributed by atoms with Crippen LogP contribution in [0.4, 0.5) is 9.18 Å². The molecule has 0 saturated carbocycles. The monoisotopic (exact) mass is 267 g/mol. The maximum atomic E-state index is 13.9. The average Bonchev–Trinajstić information content (AvgIpc) is 2.24. The number of ether oxygens (including phenoxy) is 1. The molecular weight excluding hydrogens is 245 g/mol. The quantitative estimate of drug-likeness (QED) is 0.895. The number of carbonyl (C=O) groups excluding carboxylic acids is 1. The first-order chi connectivity index (χ1) is 8.73. The van der Waals surface area contributed by atoms with Crippen LogP contribution in [0.2, 0.25) is 0 Å². The molecule has 0 aliphatic heterocycles. The predicted octanol–water partition coefficient (Wildman–Crippen LogP) is 4.11. The third kappa shape index (κ3) is 4.89. The minimum absolute atomic E-state index is 0.303. The zero-order valence-electron chi connectivity index (χ0n) is 12.2. The first-order valence-electron chi connectivity index (χ1n) is 6.48.